The molecule has 0 aliphatic carbocycles. The third-order valence-corrected chi connectivity index (χ3v) is 2.64. The summed E-state index contributed by atoms with van der Waals surface area (Å²) in [6.07, 6.45) is 3.22. The van der Waals surface area contributed by atoms with Gasteiger partial charge in [-0.05, 0) is 12.1 Å². The Hall–Kier alpha value is -2.54. The van der Waals surface area contributed by atoms with Crippen molar-refractivity contribution < 1.29 is 4.79 Å². The molecule has 0 spiro atoms. The Kier molecular flexibility index (Phi) is 4.78. The van der Waals surface area contributed by atoms with Crippen LogP contribution >= 0.6 is 11.6 Å². The molecule has 0 fully saturated rings. The van der Waals surface area contributed by atoms with Gasteiger partial charge in [-0.25, -0.2) is 4.99 Å². The molecular formula is C13H13ClN6O. The molecule has 2 aromatic rings. The van der Waals surface area contributed by atoms with Crippen molar-refractivity contribution in [2.75, 3.05) is 17.7 Å². The summed E-state index contributed by atoms with van der Waals surface area (Å²) in [7, 11) is 1.68. The second kappa shape index (κ2) is 6.76. The van der Waals surface area contributed by atoms with Crippen molar-refractivity contribution in [2.24, 2.45) is 4.99 Å². The van der Waals surface area contributed by atoms with Gasteiger partial charge in [0.25, 0.3) is 0 Å². The fourth-order valence-electron chi connectivity index (χ4n) is 1.51. The molecule has 0 aromatic carbocycles. The number of anilines is 2. The number of rotatable bonds is 4. The second-order valence-corrected chi connectivity index (χ2v) is 4.34. The van der Waals surface area contributed by atoms with Crippen LogP contribution < -0.4 is 10.6 Å². The number of halogens is 1. The average molecular weight is 305 g/mol. The Balaban J connectivity index is 2.35. The second-order valence-electron chi connectivity index (χ2n) is 3.98. The van der Waals surface area contributed by atoms with E-state index in [1.165, 1.54) is 6.92 Å². The van der Waals surface area contributed by atoms with Crippen LogP contribution in [0.25, 0.3) is 0 Å². The van der Waals surface area contributed by atoms with E-state index < -0.39 is 0 Å². The molecule has 0 radical (unpaired) electrons. The quantitative estimate of drug-likeness (QED) is 0.668. The molecule has 0 saturated heterocycles. The van der Waals surface area contributed by atoms with Gasteiger partial charge in [0, 0.05) is 20.2 Å². The molecule has 0 atom stereocenters. The zero-order valence-corrected chi connectivity index (χ0v) is 12.2. The topological polar surface area (TPSA) is 92.2 Å². The lowest BCUT2D eigenvalue weighted by Gasteiger charge is -2.08. The van der Waals surface area contributed by atoms with Crippen molar-refractivity contribution in [1.29, 1.82) is 0 Å². The number of carbonyl (C=O) groups is 1. The first kappa shape index (κ1) is 14.9. The van der Waals surface area contributed by atoms with Crippen LogP contribution in [-0.4, -0.2) is 34.1 Å². The number of aromatic nitrogens is 3. The highest BCUT2D eigenvalue weighted by Gasteiger charge is 2.12. The number of carbonyl (C=O) groups excluding carboxylic acids is 1. The molecule has 21 heavy (non-hydrogen) atoms. The van der Waals surface area contributed by atoms with Gasteiger partial charge >= 0.3 is 0 Å². The maximum Gasteiger partial charge on any atom is 0.232 e. The van der Waals surface area contributed by atoms with Crippen LogP contribution in [0.4, 0.5) is 17.5 Å². The van der Waals surface area contributed by atoms with Gasteiger partial charge in [0.2, 0.25) is 11.9 Å². The summed E-state index contributed by atoms with van der Waals surface area (Å²) in [5.41, 5.74) is 1.06. The average Bonchev–Trinajstić information content (AvgIpc) is 2.46. The first-order valence-corrected chi connectivity index (χ1v) is 6.46. The maximum atomic E-state index is 11.0. The fraction of sp³-hybridized carbons (Fsp3) is 0.154. The van der Waals surface area contributed by atoms with E-state index in [1.54, 1.807) is 19.5 Å². The van der Waals surface area contributed by atoms with E-state index in [4.69, 9.17) is 11.6 Å². The van der Waals surface area contributed by atoms with Crippen LogP contribution in [0, 0.1) is 0 Å². The van der Waals surface area contributed by atoms with Gasteiger partial charge in [-0.15, -0.1) is 0 Å². The molecule has 0 aliphatic rings. The van der Waals surface area contributed by atoms with Gasteiger partial charge in [0.1, 0.15) is 5.69 Å². The lowest BCUT2D eigenvalue weighted by atomic mass is 10.4. The summed E-state index contributed by atoms with van der Waals surface area (Å²) >= 11 is 6.09. The van der Waals surface area contributed by atoms with Gasteiger partial charge in [-0.2, -0.15) is 9.97 Å². The highest BCUT2D eigenvalue weighted by Crippen LogP contribution is 2.31. The molecule has 108 valence electrons. The standard InChI is InChI=1S/C13H13ClN6O/c1-8(21)18-13-19-11(14)10(12(15-2)20-13)17-7-9-5-3-4-6-16-9/h3-7H,1-2H3,(H2,15,18,19,20,21). The summed E-state index contributed by atoms with van der Waals surface area (Å²) in [4.78, 5) is 27.5. The fourth-order valence-corrected chi connectivity index (χ4v) is 1.73. The summed E-state index contributed by atoms with van der Waals surface area (Å²) in [6.45, 7) is 1.36. The lowest BCUT2D eigenvalue weighted by molar-refractivity contribution is -0.114. The minimum atomic E-state index is -0.280. The van der Waals surface area contributed by atoms with Crippen LogP contribution in [0.3, 0.4) is 0 Å². The molecule has 2 N–H and O–H groups in total. The van der Waals surface area contributed by atoms with Crippen LogP contribution in [0.2, 0.25) is 5.15 Å². The van der Waals surface area contributed by atoms with E-state index in [0.717, 1.165) is 0 Å². The summed E-state index contributed by atoms with van der Waals surface area (Å²) in [6, 6.07) is 5.48. The van der Waals surface area contributed by atoms with Crippen molar-refractivity contribution in [3.05, 3.63) is 35.2 Å². The zero-order valence-electron chi connectivity index (χ0n) is 11.5. The van der Waals surface area contributed by atoms with E-state index in [1.807, 2.05) is 18.2 Å². The predicted molar refractivity (Wildman–Crippen MR) is 82.4 cm³/mol. The zero-order chi connectivity index (χ0) is 15.2. The van der Waals surface area contributed by atoms with Crippen molar-refractivity contribution in [3.63, 3.8) is 0 Å². The smallest absolute Gasteiger partial charge is 0.232 e. The Morgan fingerprint density at radius 3 is 2.81 bits per heavy atom. The van der Waals surface area contributed by atoms with Gasteiger partial charge in [0.15, 0.2) is 11.0 Å². The first-order valence-electron chi connectivity index (χ1n) is 6.08. The summed E-state index contributed by atoms with van der Waals surface area (Å²) in [5, 5.41) is 5.47. The maximum absolute atomic E-state index is 11.0. The van der Waals surface area contributed by atoms with Crippen LogP contribution in [0.5, 0.6) is 0 Å². The van der Waals surface area contributed by atoms with Gasteiger partial charge < -0.3 is 5.32 Å². The number of nitrogens with zero attached hydrogens (tertiary/aromatic N) is 4. The van der Waals surface area contributed by atoms with Gasteiger partial charge in [-0.1, -0.05) is 17.7 Å². The van der Waals surface area contributed by atoms with E-state index in [-0.39, 0.29) is 17.0 Å². The lowest BCUT2D eigenvalue weighted by Crippen LogP contribution is -2.10. The molecule has 7 nitrogen and oxygen atoms in total. The van der Waals surface area contributed by atoms with Gasteiger partial charge in [0.05, 0.1) is 11.9 Å². The monoisotopic (exact) mass is 304 g/mol. The number of aliphatic imine (C=N–C) groups is 1. The van der Waals surface area contributed by atoms with E-state index in [9.17, 15) is 4.79 Å². The molecule has 0 bridgehead atoms. The molecular weight excluding hydrogens is 292 g/mol. The largest absolute Gasteiger partial charge is 0.371 e. The molecule has 2 rings (SSSR count). The number of amides is 1. The summed E-state index contributed by atoms with van der Waals surface area (Å²) in [5.74, 6) is 0.248. The molecule has 8 heteroatoms. The summed E-state index contributed by atoms with van der Waals surface area (Å²) < 4.78 is 0. The van der Waals surface area contributed by atoms with E-state index >= 15 is 0 Å². The number of nitrogens with one attached hydrogen (secondary N) is 2. The molecule has 2 aromatic heterocycles. The van der Waals surface area contributed by atoms with Crippen LogP contribution in [0.15, 0.2) is 29.4 Å². The van der Waals surface area contributed by atoms with E-state index in [2.05, 4.69) is 30.6 Å². The third-order valence-electron chi connectivity index (χ3n) is 2.38. The van der Waals surface area contributed by atoms with E-state index in [0.29, 0.717) is 17.2 Å². The SMILES string of the molecule is CNc1nc(NC(C)=O)nc(Cl)c1N=Cc1ccccn1. The number of pyridine rings is 1. The third kappa shape index (κ3) is 3.96. The minimum Gasteiger partial charge on any atom is -0.371 e. The Bertz CT molecular complexity index is 674. The van der Waals surface area contributed by atoms with Crippen LogP contribution in [0.1, 0.15) is 12.6 Å². The van der Waals surface area contributed by atoms with Crippen molar-refractivity contribution >= 4 is 41.2 Å². The Labute approximate surface area is 126 Å². The highest BCUT2D eigenvalue weighted by molar-refractivity contribution is 6.32. The molecule has 2 heterocycles. The highest BCUT2D eigenvalue weighted by atomic mass is 35.5. The molecule has 1 amide bonds. The first-order chi connectivity index (χ1) is 10.1. The number of hydrogen-bond donors (Lipinski definition) is 2. The number of hydrogen-bond acceptors (Lipinski definition) is 6. The van der Waals surface area contributed by atoms with Gasteiger partial charge in [-0.3, -0.25) is 15.1 Å². The van der Waals surface area contributed by atoms with Crippen molar-refractivity contribution in [1.82, 2.24) is 15.0 Å². The molecule has 0 saturated carbocycles. The van der Waals surface area contributed by atoms with Crippen molar-refractivity contribution in [2.45, 2.75) is 6.92 Å². The Morgan fingerprint density at radius 2 is 2.19 bits per heavy atom. The minimum absolute atomic E-state index is 0.119. The molecule has 0 aliphatic heterocycles. The van der Waals surface area contributed by atoms with Crippen LogP contribution in [-0.2, 0) is 4.79 Å². The predicted octanol–water partition coefficient (Wildman–Crippen LogP) is 2.28. The normalized spacial score (nSPS) is 10.6. The van der Waals surface area contributed by atoms with Crippen molar-refractivity contribution in [3.8, 4) is 0 Å². The molecule has 0 unspecified atom stereocenters. The Morgan fingerprint density at radius 1 is 1.38 bits per heavy atom.